The Morgan fingerprint density at radius 3 is 2.62 bits per heavy atom. The average Bonchev–Trinajstić information content (AvgIpc) is 3.50. The van der Waals surface area contributed by atoms with Crippen LogP contribution in [0.25, 0.3) is 0 Å². The number of rotatable bonds is 2. The Bertz CT molecular complexity index is 1310. The first-order chi connectivity index (χ1) is 15.6. The highest BCUT2D eigenvalue weighted by Gasteiger charge is 2.59. The van der Waals surface area contributed by atoms with Crippen molar-refractivity contribution in [2.45, 2.75) is 37.1 Å². The zero-order valence-electron chi connectivity index (χ0n) is 17.6. The first-order valence-corrected chi connectivity index (χ1v) is 11.1. The molecule has 3 aliphatic rings. The molecule has 3 aromatic rings. The quantitative estimate of drug-likeness (QED) is 0.661. The number of nitrogens with zero attached hydrogens (tertiary/aromatic N) is 1. The molecule has 6 rings (SSSR count). The molecule has 1 aromatic heterocycles. The lowest BCUT2D eigenvalue weighted by Crippen LogP contribution is -2.43. The van der Waals surface area contributed by atoms with Crippen LogP contribution < -0.4 is 10.9 Å². The molecule has 2 amide bonds. The van der Waals surface area contributed by atoms with Gasteiger partial charge in [-0.25, -0.2) is 0 Å². The standard InChI is InChI=1S/C26H23N3O3/c30-23-18(15-17-9-6-12-20(17)27-23)24(31)29-14-13-26(22(29)16-7-2-1-3-8-16)19-10-4-5-11-21(19)28-25(26)32/h1-5,7-8,10-11,15,22H,6,9,12-14H2,(H,27,30)(H,28,32)/t22-,26+/m0/s1. The number of aromatic nitrogens is 1. The molecule has 2 atom stereocenters. The Kier molecular flexibility index (Phi) is 4.12. The number of aryl methyl sites for hydroxylation is 2. The topological polar surface area (TPSA) is 82.3 Å². The molecule has 0 radical (unpaired) electrons. The fourth-order valence-electron chi connectivity index (χ4n) is 5.83. The molecule has 160 valence electrons. The molecular weight excluding hydrogens is 402 g/mol. The number of nitrogens with one attached hydrogen (secondary N) is 2. The van der Waals surface area contributed by atoms with Crippen molar-refractivity contribution in [2.24, 2.45) is 0 Å². The number of likely N-dealkylation sites (tertiary alicyclic amines) is 1. The third-order valence-electron chi connectivity index (χ3n) is 7.28. The van der Waals surface area contributed by atoms with Crippen LogP contribution in [0.3, 0.4) is 0 Å². The van der Waals surface area contributed by atoms with E-state index in [1.165, 1.54) is 0 Å². The molecule has 3 heterocycles. The van der Waals surface area contributed by atoms with Crippen molar-refractivity contribution in [2.75, 3.05) is 11.9 Å². The summed E-state index contributed by atoms with van der Waals surface area (Å²) < 4.78 is 0. The SMILES string of the molecule is O=C(c1cc2c([nH]c1=O)CCC2)N1CC[C@]2(C(=O)Nc3ccccc32)[C@@H]1c1ccccc1. The normalized spacial score (nSPS) is 23.3. The van der Waals surface area contributed by atoms with E-state index in [1.54, 1.807) is 11.0 Å². The fraction of sp³-hybridized carbons (Fsp3) is 0.269. The highest BCUT2D eigenvalue weighted by Crippen LogP contribution is 2.54. The predicted octanol–water partition coefficient (Wildman–Crippen LogP) is 3.34. The van der Waals surface area contributed by atoms with Gasteiger partial charge in [-0.2, -0.15) is 0 Å². The van der Waals surface area contributed by atoms with E-state index in [-0.39, 0.29) is 22.9 Å². The number of amides is 2. The molecule has 6 heteroatoms. The second-order valence-corrected chi connectivity index (χ2v) is 8.90. The number of benzene rings is 2. The van der Waals surface area contributed by atoms with E-state index in [0.29, 0.717) is 13.0 Å². The number of pyridine rings is 1. The van der Waals surface area contributed by atoms with Gasteiger partial charge in [0, 0.05) is 17.9 Å². The van der Waals surface area contributed by atoms with E-state index in [4.69, 9.17) is 0 Å². The number of aromatic amines is 1. The lowest BCUT2D eigenvalue weighted by Gasteiger charge is -2.34. The first-order valence-electron chi connectivity index (χ1n) is 11.1. The van der Waals surface area contributed by atoms with Crippen molar-refractivity contribution in [3.63, 3.8) is 0 Å². The van der Waals surface area contributed by atoms with Crippen LogP contribution in [-0.2, 0) is 23.1 Å². The summed E-state index contributed by atoms with van der Waals surface area (Å²) in [5, 5.41) is 3.03. The fourth-order valence-corrected chi connectivity index (χ4v) is 5.83. The van der Waals surface area contributed by atoms with E-state index >= 15 is 0 Å². The number of carbonyl (C=O) groups is 2. The number of anilines is 1. The number of H-pyrrole nitrogens is 1. The molecule has 1 spiro atoms. The summed E-state index contributed by atoms with van der Waals surface area (Å²) in [7, 11) is 0. The number of hydrogen-bond donors (Lipinski definition) is 2. The van der Waals surface area contributed by atoms with Gasteiger partial charge in [-0.15, -0.1) is 0 Å². The van der Waals surface area contributed by atoms with Gasteiger partial charge in [0.25, 0.3) is 11.5 Å². The van der Waals surface area contributed by atoms with E-state index in [9.17, 15) is 14.4 Å². The summed E-state index contributed by atoms with van der Waals surface area (Å²) >= 11 is 0. The van der Waals surface area contributed by atoms with Gasteiger partial charge in [-0.05, 0) is 54.5 Å². The highest BCUT2D eigenvalue weighted by molar-refractivity contribution is 6.08. The second kappa shape index (κ2) is 6.92. The first kappa shape index (κ1) is 19.0. The monoisotopic (exact) mass is 425 g/mol. The van der Waals surface area contributed by atoms with Crippen LogP contribution >= 0.6 is 0 Å². The lowest BCUT2D eigenvalue weighted by molar-refractivity contribution is -0.121. The van der Waals surface area contributed by atoms with Crippen molar-refractivity contribution in [1.29, 1.82) is 0 Å². The van der Waals surface area contributed by atoms with Crippen LogP contribution in [0.4, 0.5) is 5.69 Å². The average molecular weight is 425 g/mol. The van der Waals surface area contributed by atoms with Crippen molar-refractivity contribution >= 4 is 17.5 Å². The molecular formula is C26H23N3O3. The van der Waals surface area contributed by atoms with Gasteiger partial charge in [-0.1, -0.05) is 48.5 Å². The number of carbonyl (C=O) groups excluding carboxylic acids is 2. The third-order valence-corrected chi connectivity index (χ3v) is 7.28. The number of hydrogen-bond acceptors (Lipinski definition) is 3. The Hall–Kier alpha value is -3.67. The van der Waals surface area contributed by atoms with Crippen molar-refractivity contribution in [3.05, 3.63) is 99.0 Å². The van der Waals surface area contributed by atoms with Crippen molar-refractivity contribution in [3.8, 4) is 0 Å². The van der Waals surface area contributed by atoms with Gasteiger partial charge >= 0.3 is 0 Å². The minimum Gasteiger partial charge on any atom is -0.330 e. The largest absolute Gasteiger partial charge is 0.330 e. The van der Waals surface area contributed by atoms with Gasteiger partial charge in [0.2, 0.25) is 5.91 Å². The van der Waals surface area contributed by atoms with Crippen LogP contribution in [0.1, 0.15) is 51.6 Å². The van der Waals surface area contributed by atoms with E-state index in [2.05, 4.69) is 10.3 Å². The summed E-state index contributed by atoms with van der Waals surface area (Å²) in [6.45, 7) is 0.399. The van der Waals surface area contributed by atoms with Gasteiger partial charge in [-0.3, -0.25) is 14.4 Å². The molecule has 6 nitrogen and oxygen atoms in total. The minimum absolute atomic E-state index is 0.0919. The van der Waals surface area contributed by atoms with Crippen LogP contribution in [0.5, 0.6) is 0 Å². The van der Waals surface area contributed by atoms with Crippen LogP contribution in [0, 0.1) is 0 Å². The van der Waals surface area contributed by atoms with Gasteiger partial charge < -0.3 is 15.2 Å². The Labute approximate surface area is 185 Å². The zero-order valence-corrected chi connectivity index (χ0v) is 17.6. The molecule has 0 saturated carbocycles. The molecule has 1 aliphatic carbocycles. The van der Waals surface area contributed by atoms with Gasteiger partial charge in [0.1, 0.15) is 11.0 Å². The van der Waals surface area contributed by atoms with E-state index < -0.39 is 11.5 Å². The Balaban J connectivity index is 1.50. The molecule has 1 fully saturated rings. The maximum atomic E-state index is 13.8. The number of para-hydroxylation sites is 1. The summed E-state index contributed by atoms with van der Waals surface area (Å²) in [5.41, 5.74) is 3.52. The van der Waals surface area contributed by atoms with Gasteiger partial charge in [0.05, 0.1) is 6.04 Å². The predicted molar refractivity (Wildman–Crippen MR) is 121 cm³/mol. The Morgan fingerprint density at radius 1 is 1.00 bits per heavy atom. The molecule has 0 unspecified atom stereocenters. The van der Waals surface area contributed by atoms with E-state index in [1.807, 2.05) is 54.6 Å². The summed E-state index contributed by atoms with van der Waals surface area (Å²) in [6.07, 6.45) is 3.20. The molecule has 0 bridgehead atoms. The zero-order chi connectivity index (χ0) is 21.9. The minimum atomic E-state index is -0.878. The van der Waals surface area contributed by atoms with Crippen molar-refractivity contribution < 1.29 is 9.59 Å². The highest BCUT2D eigenvalue weighted by atomic mass is 16.2. The molecule has 2 aromatic carbocycles. The van der Waals surface area contributed by atoms with Crippen molar-refractivity contribution in [1.82, 2.24) is 9.88 Å². The maximum absolute atomic E-state index is 13.8. The lowest BCUT2D eigenvalue weighted by atomic mass is 9.72. The summed E-state index contributed by atoms with van der Waals surface area (Å²) in [5.74, 6) is -0.408. The van der Waals surface area contributed by atoms with Crippen LogP contribution in [0.2, 0.25) is 0 Å². The molecule has 32 heavy (non-hydrogen) atoms. The molecule has 2 N–H and O–H groups in total. The number of fused-ring (bicyclic) bond motifs is 3. The third kappa shape index (κ3) is 2.55. The van der Waals surface area contributed by atoms with Crippen LogP contribution in [-0.4, -0.2) is 28.2 Å². The molecule has 1 saturated heterocycles. The second-order valence-electron chi connectivity index (χ2n) is 8.90. The molecule has 2 aliphatic heterocycles. The summed E-state index contributed by atoms with van der Waals surface area (Å²) in [4.78, 5) is 44.7. The Morgan fingerprint density at radius 2 is 1.78 bits per heavy atom. The summed E-state index contributed by atoms with van der Waals surface area (Å²) in [6, 6.07) is 18.7. The smallest absolute Gasteiger partial charge is 0.261 e. The maximum Gasteiger partial charge on any atom is 0.261 e. The van der Waals surface area contributed by atoms with Gasteiger partial charge in [0.15, 0.2) is 0 Å². The van der Waals surface area contributed by atoms with E-state index in [0.717, 1.165) is 47.3 Å². The van der Waals surface area contributed by atoms with Crippen LogP contribution in [0.15, 0.2) is 65.5 Å².